The van der Waals surface area contributed by atoms with Gasteiger partial charge in [0.15, 0.2) is 11.5 Å². The van der Waals surface area contributed by atoms with Crippen molar-refractivity contribution in [3.05, 3.63) is 82.6 Å². The lowest BCUT2D eigenvalue weighted by Crippen LogP contribution is -2.13. The fourth-order valence-electron chi connectivity index (χ4n) is 3.34. The highest BCUT2D eigenvalue weighted by Crippen LogP contribution is 2.30. The zero-order valence-electron chi connectivity index (χ0n) is 19.7. The molecule has 0 radical (unpaired) electrons. The molecule has 5 nitrogen and oxygen atoms in total. The van der Waals surface area contributed by atoms with Crippen LogP contribution in [0, 0.1) is 11.7 Å². The van der Waals surface area contributed by atoms with Crippen LogP contribution < -0.4 is 20.1 Å². The number of halogens is 2. The second kappa shape index (κ2) is 12.3. The molecular formula is C27H30ClFN2O3. The predicted octanol–water partition coefficient (Wildman–Crippen LogP) is 7.05. The van der Waals surface area contributed by atoms with Crippen molar-refractivity contribution in [3.63, 3.8) is 0 Å². The fraction of sp³-hybridized carbons (Fsp3) is 0.296. The lowest BCUT2D eigenvalue weighted by Gasteiger charge is -2.15. The van der Waals surface area contributed by atoms with E-state index in [1.807, 2.05) is 63.2 Å². The molecule has 3 rings (SSSR count). The monoisotopic (exact) mass is 484 g/mol. The second-order valence-electron chi connectivity index (χ2n) is 8.32. The lowest BCUT2D eigenvalue weighted by molar-refractivity contribution is -0.116. The van der Waals surface area contributed by atoms with E-state index in [1.165, 1.54) is 12.1 Å². The standard InChI is InChI=1S/C27H30ClFN2O3/c1-4-33-26-13-19(8-11-25(26)34-17-20-9-10-21(29)14-24(20)28)16-30-22-6-5-7-23(15-22)31-27(32)12-18(2)3/h5-11,13-15,18,30H,4,12,16-17H2,1-3H3,(H,31,32). The van der Waals surface area contributed by atoms with Crippen LogP contribution in [0.25, 0.3) is 0 Å². The highest BCUT2D eigenvalue weighted by Gasteiger charge is 2.10. The Morgan fingerprint density at radius 3 is 2.53 bits per heavy atom. The minimum atomic E-state index is -0.385. The van der Waals surface area contributed by atoms with Crippen LogP contribution in [0.5, 0.6) is 11.5 Å². The molecule has 2 N–H and O–H groups in total. The number of benzene rings is 3. The maximum absolute atomic E-state index is 13.3. The maximum atomic E-state index is 13.3. The zero-order valence-corrected chi connectivity index (χ0v) is 20.4. The van der Waals surface area contributed by atoms with Gasteiger partial charge in [-0.15, -0.1) is 0 Å². The summed E-state index contributed by atoms with van der Waals surface area (Å²) in [6.45, 7) is 7.19. The molecule has 0 unspecified atom stereocenters. The molecule has 0 aliphatic carbocycles. The Hall–Kier alpha value is -3.25. The van der Waals surface area contributed by atoms with Crippen molar-refractivity contribution in [2.75, 3.05) is 17.2 Å². The van der Waals surface area contributed by atoms with Crippen LogP contribution in [0.15, 0.2) is 60.7 Å². The van der Waals surface area contributed by atoms with Gasteiger partial charge in [0.2, 0.25) is 5.91 Å². The van der Waals surface area contributed by atoms with Crippen LogP contribution in [-0.4, -0.2) is 12.5 Å². The molecule has 34 heavy (non-hydrogen) atoms. The summed E-state index contributed by atoms with van der Waals surface area (Å²) >= 11 is 6.10. The molecule has 0 aromatic heterocycles. The Bertz CT molecular complexity index is 1120. The Kier molecular flexibility index (Phi) is 9.16. The first-order valence-electron chi connectivity index (χ1n) is 11.3. The third kappa shape index (κ3) is 7.66. The largest absolute Gasteiger partial charge is 0.490 e. The molecule has 180 valence electrons. The van der Waals surface area contributed by atoms with Gasteiger partial charge in [-0.25, -0.2) is 4.39 Å². The average Bonchev–Trinajstić information content (AvgIpc) is 2.78. The van der Waals surface area contributed by atoms with Crippen LogP contribution in [0.1, 0.15) is 38.3 Å². The topological polar surface area (TPSA) is 59.6 Å². The lowest BCUT2D eigenvalue weighted by atomic mass is 10.1. The molecule has 0 saturated carbocycles. The van der Waals surface area contributed by atoms with E-state index in [-0.39, 0.29) is 18.3 Å². The maximum Gasteiger partial charge on any atom is 0.224 e. The van der Waals surface area contributed by atoms with Gasteiger partial charge in [-0.3, -0.25) is 4.79 Å². The van der Waals surface area contributed by atoms with Gasteiger partial charge >= 0.3 is 0 Å². The van der Waals surface area contributed by atoms with Gasteiger partial charge in [0.25, 0.3) is 0 Å². The normalized spacial score (nSPS) is 10.8. The van der Waals surface area contributed by atoms with Crippen molar-refractivity contribution in [3.8, 4) is 11.5 Å². The molecule has 0 aliphatic rings. The van der Waals surface area contributed by atoms with Gasteiger partial charge in [-0.2, -0.15) is 0 Å². The zero-order chi connectivity index (χ0) is 24.5. The summed E-state index contributed by atoms with van der Waals surface area (Å²) in [5, 5.41) is 6.63. The van der Waals surface area contributed by atoms with Crippen LogP contribution in [0.4, 0.5) is 15.8 Å². The SMILES string of the molecule is CCOc1cc(CNc2cccc(NC(=O)CC(C)C)c2)ccc1OCc1ccc(F)cc1Cl. The van der Waals surface area contributed by atoms with Crippen LogP contribution in [0.2, 0.25) is 5.02 Å². The minimum Gasteiger partial charge on any atom is -0.490 e. The second-order valence-corrected chi connectivity index (χ2v) is 8.73. The third-order valence-electron chi connectivity index (χ3n) is 4.94. The molecule has 0 heterocycles. The number of hydrogen-bond donors (Lipinski definition) is 2. The van der Waals surface area contributed by atoms with E-state index in [2.05, 4.69) is 10.6 Å². The summed E-state index contributed by atoms with van der Waals surface area (Å²) in [6, 6.07) is 17.6. The van der Waals surface area contributed by atoms with E-state index in [4.69, 9.17) is 21.1 Å². The van der Waals surface area contributed by atoms with Crippen molar-refractivity contribution in [1.29, 1.82) is 0 Å². The van der Waals surface area contributed by atoms with Crippen molar-refractivity contribution < 1.29 is 18.7 Å². The first kappa shape index (κ1) is 25.4. The van der Waals surface area contributed by atoms with E-state index in [0.717, 1.165) is 16.9 Å². The number of carbonyl (C=O) groups excluding carboxylic acids is 1. The molecule has 3 aromatic rings. The quantitative estimate of drug-likeness (QED) is 0.306. The molecule has 3 aromatic carbocycles. The number of amides is 1. The Morgan fingerprint density at radius 1 is 1.00 bits per heavy atom. The van der Waals surface area contributed by atoms with Crippen LogP contribution >= 0.6 is 11.6 Å². The van der Waals surface area contributed by atoms with Crippen LogP contribution in [-0.2, 0) is 17.9 Å². The molecule has 0 fully saturated rings. The van der Waals surface area contributed by atoms with Crippen molar-refractivity contribution in [2.24, 2.45) is 5.92 Å². The van der Waals surface area contributed by atoms with Gasteiger partial charge in [0.05, 0.1) is 11.6 Å². The van der Waals surface area contributed by atoms with Crippen molar-refractivity contribution in [2.45, 2.75) is 40.3 Å². The summed E-state index contributed by atoms with van der Waals surface area (Å²) in [5.41, 5.74) is 3.35. The highest BCUT2D eigenvalue weighted by atomic mass is 35.5. The van der Waals surface area contributed by atoms with E-state index >= 15 is 0 Å². The highest BCUT2D eigenvalue weighted by molar-refractivity contribution is 6.31. The van der Waals surface area contributed by atoms with Gasteiger partial charge in [0.1, 0.15) is 12.4 Å². The average molecular weight is 485 g/mol. The molecule has 0 aliphatic heterocycles. The summed E-state index contributed by atoms with van der Waals surface area (Å²) in [6.07, 6.45) is 0.486. The van der Waals surface area contributed by atoms with E-state index < -0.39 is 0 Å². The Balaban J connectivity index is 1.63. The van der Waals surface area contributed by atoms with Gasteiger partial charge in [-0.05, 0) is 60.9 Å². The van der Waals surface area contributed by atoms with Crippen molar-refractivity contribution >= 4 is 28.9 Å². The number of carbonyl (C=O) groups is 1. The molecule has 0 atom stereocenters. The summed E-state index contributed by atoms with van der Waals surface area (Å²) in [4.78, 5) is 12.0. The molecule has 0 saturated heterocycles. The number of anilines is 2. The number of ether oxygens (including phenoxy) is 2. The van der Waals surface area contributed by atoms with E-state index in [9.17, 15) is 9.18 Å². The predicted molar refractivity (Wildman–Crippen MR) is 135 cm³/mol. The number of nitrogens with one attached hydrogen (secondary N) is 2. The molecule has 7 heteroatoms. The molecule has 1 amide bonds. The molecular weight excluding hydrogens is 455 g/mol. The summed E-state index contributed by atoms with van der Waals surface area (Å²) < 4.78 is 24.9. The Morgan fingerprint density at radius 2 is 1.79 bits per heavy atom. The van der Waals surface area contributed by atoms with Gasteiger partial charge in [-0.1, -0.05) is 43.6 Å². The number of hydrogen-bond acceptors (Lipinski definition) is 4. The fourth-order valence-corrected chi connectivity index (χ4v) is 3.56. The summed E-state index contributed by atoms with van der Waals surface area (Å²) in [5.74, 6) is 1.13. The molecule has 0 bridgehead atoms. The van der Waals surface area contributed by atoms with E-state index in [0.29, 0.717) is 47.6 Å². The first-order chi connectivity index (χ1) is 16.3. The van der Waals surface area contributed by atoms with Gasteiger partial charge in [0, 0.05) is 29.9 Å². The Labute approximate surface area is 205 Å². The van der Waals surface area contributed by atoms with Crippen molar-refractivity contribution in [1.82, 2.24) is 0 Å². The van der Waals surface area contributed by atoms with Crippen LogP contribution in [0.3, 0.4) is 0 Å². The summed E-state index contributed by atoms with van der Waals surface area (Å²) in [7, 11) is 0. The smallest absolute Gasteiger partial charge is 0.224 e. The third-order valence-corrected chi connectivity index (χ3v) is 5.29. The van der Waals surface area contributed by atoms with Gasteiger partial charge < -0.3 is 20.1 Å². The minimum absolute atomic E-state index is 0.00557. The number of rotatable bonds is 11. The molecule has 0 spiro atoms. The first-order valence-corrected chi connectivity index (χ1v) is 11.7. The van der Waals surface area contributed by atoms with E-state index in [1.54, 1.807) is 6.07 Å².